The highest BCUT2D eigenvalue weighted by molar-refractivity contribution is 6.06. The standard InChI is InChI=1S/C17H14F4N2O2/c1-9(24)12-3-2-4-13-14(12)17(20,21)16(25)23(13)8-10-5-11(15(18)19)7-22-6-10/h2-7,9,15,24H,8H2,1H3/t9-/m0/s1. The fourth-order valence-electron chi connectivity index (χ4n) is 2.91. The molecule has 1 aliphatic rings. The molecular formula is C17H14F4N2O2. The molecule has 0 saturated carbocycles. The maximum atomic E-state index is 14.5. The maximum absolute atomic E-state index is 14.5. The van der Waals surface area contributed by atoms with Crippen molar-refractivity contribution in [1.29, 1.82) is 0 Å². The van der Waals surface area contributed by atoms with Gasteiger partial charge in [0.1, 0.15) is 0 Å². The van der Waals surface area contributed by atoms with Gasteiger partial charge in [0, 0.05) is 18.0 Å². The number of aliphatic hydroxyl groups is 1. The predicted molar refractivity (Wildman–Crippen MR) is 81.4 cm³/mol. The van der Waals surface area contributed by atoms with Crippen LogP contribution in [-0.2, 0) is 17.3 Å². The summed E-state index contributed by atoms with van der Waals surface area (Å²) in [6, 6.07) is 5.24. The third-order valence-electron chi connectivity index (χ3n) is 4.05. The van der Waals surface area contributed by atoms with Gasteiger partial charge in [0.05, 0.1) is 23.9 Å². The van der Waals surface area contributed by atoms with Gasteiger partial charge < -0.3 is 10.0 Å². The largest absolute Gasteiger partial charge is 0.389 e. The van der Waals surface area contributed by atoms with Crippen molar-refractivity contribution in [2.45, 2.75) is 31.9 Å². The van der Waals surface area contributed by atoms with E-state index in [0.29, 0.717) is 0 Å². The lowest BCUT2D eigenvalue weighted by Gasteiger charge is -2.18. The van der Waals surface area contributed by atoms with Crippen molar-refractivity contribution in [1.82, 2.24) is 4.98 Å². The Labute approximate surface area is 140 Å². The number of benzene rings is 1. The van der Waals surface area contributed by atoms with E-state index in [1.165, 1.54) is 31.3 Å². The minimum Gasteiger partial charge on any atom is -0.389 e. The van der Waals surface area contributed by atoms with Crippen LogP contribution in [0, 0.1) is 0 Å². The number of carbonyl (C=O) groups is 1. The molecule has 0 saturated heterocycles. The van der Waals surface area contributed by atoms with Crippen molar-refractivity contribution >= 4 is 11.6 Å². The number of alkyl halides is 4. The van der Waals surface area contributed by atoms with E-state index in [2.05, 4.69) is 4.98 Å². The molecule has 0 radical (unpaired) electrons. The highest BCUT2D eigenvalue weighted by atomic mass is 19.3. The number of aromatic nitrogens is 1. The van der Waals surface area contributed by atoms with Crippen LogP contribution in [0.25, 0.3) is 0 Å². The van der Waals surface area contributed by atoms with Crippen LogP contribution in [-0.4, -0.2) is 16.0 Å². The van der Waals surface area contributed by atoms with Crippen molar-refractivity contribution in [2.24, 2.45) is 0 Å². The van der Waals surface area contributed by atoms with E-state index in [-0.39, 0.29) is 28.9 Å². The molecule has 2 heterocycles. The molecule has 1 aromatic heterocycles. The smallest absolute Gasteiger partial charge is 0.352 e. The van der Waals surface area contributed by atoms with Gasteiger partial charge in [-0.05, 0) is 30.2 Å². The second kappa shape index (κ2) is 6.11. The first-order chi connectivity index (χ1) is 11.7. The molecule has 132 valence electrons. The zero-order valence-electron chi connectivity index (χ0n) is 13.1. The number of pyridine rings is 1. The first kappa shape index (κ1) is 17.3. The van der Waals surface area contributed by atoms with Gasteiger partial charge in [-0.2, -0.15) is 8.78 Å². The fourth-order valence-corrected chi connectivity index (χ4v) is 2.91. The minimum absolute atomic E-state index is 0.0437. The number of halogens is 4. The Kier molecular flexibility index (Phi) is 4.24. The van der Waals surface area contributed by atoms with Crippen LogP contribution < -0.4 is 4.90 Å². The van der Waals surface area contributed by atoms with E-state index in [4.69, 9.17) is 0 Å². The van der Waals surface area contributed by atoms with Crippen molar-refractivity contribution < 1.29 is 27.5 Å². The Bertz CT molecular complexity index is 824. The fraction of sp³-hybridized carbons (Fsp3) is 0.294. The SMILES string of the molecule is C[C@H](O)c1cccc2c1C(F)(F)C(=O)N2Cc1cncc(C(F)F)c1. The molecule has 0 aliphatic carbocycles. The zero-order valence-corrected chi connectivity index (χ0v) is 13.1. The summed E-state index contributed by atoms with van der Waals surface area (Å²) in [5, 5.41) is 9.72. The summed E-state index contributed by atoms with van der Waals surface area (Å²) in [6.07, 6.45) is -1.71. The Hall–Kier alpha value is -2.48. The van der Waals surface area contributed by atoms with Crippen LogP contribution in [0.4, 0.5) is 23.2 Å². The lowest BCUT2D eigenvalue weighted by atomic mass is 9.98. The number of hydrogen-bond donors (Lipinski definition) is 1. The Morgan fingerprint density at radius 1 is 1.28 bits per heavy atom. The molecule has 0 spiro atoms. The van der Waals surface area contributed by atoms with Crippen molar-refractivity contribution in [3.05, 3.63) is 58.9 Å². The first-order valence-electron chi connectivity index (χ1n) is 7.46. The molecule has 1 aromatic carbocycles. The Morgan fingerprint density at radius 3 is 2.64 bits per heavy atom. The van der Waals surface area contributed by atoms with Gasteiger partial charge in [0.2, 0.25) is 0 Å². The van der Waals surface area contributed by atoms with E-state index >= 15 is 0 Å². The summed E-state index contributed by atoms with van der Waals surface area (Å²) in [5.74, 6) is -5.26. The van der Waals surface area contributed by atoms with Gasteiger partial charge in [-0.25, -0.2) is 8.78 Å². The van der Waals surface area contributed by atoms with E-state index in [1.54, 1.807) is 0 Å². The first-order valence-corrected chi connectivity index (χ1v) is 7.46. The number of amides is 1. The van der Waals surface area contributed by atoms with Crippen LogP contribution in [0.15, 0.2) is 36.7 Å². The maximum Gasteiger partial charge on any atom is 0.352 e. The summed E-state index contributed by atoms with van der Waals surface area (Å²) in [4.78, 5) is 16.7. The predicted octanol–water partition coefficient (Wildman–Crippen LogP) is 3.71. The summed E-state index contributed by atoms with van der Waals surface area (Å²) < 4.78 is 54.5. The Morgan fingerprint density at radius 2 is 2.00 bits per heavy atom. The number of hydrogen-bond acceptors (Lipinski definition) is 3. The lowest BCUT2D eigenvalue weighted by molar-refractivity contribution is -0.141. The van der Waals surface area contributed by atoms with Crippen LogP contribution >= 0.6 is 0 Å². The van der Waals surface area contributed by atoms with Gasteiger partial charge in [0.25, 0.3) is 6.43 Å². The minimum atomic E-state index is -3.79. The second-order valence-corrected chi connectivity index (χ2v) is 5.81. The van der Waals surface area contributed by atoms with Crippen molar-refractivity contribution in [3.8, 4) is 0 Å². The number of carbonyl (C=O) groups excluding carboxylic acids is 1. The topological polar surface area (TPSA) is 53.4 Å². The van der Waals surface area contributed by atoms with Crippen molar-refractivity contribution in [3.63, 3.8) is 0 Å². The molecule has 3 rings (SSSR count). The molecule has 0 unspecified atom stereocenters. The molecule has 2 aromatic rings. The van der Waals surface area contributed by atoms with Crippen LogP contribution in [0.5, 0.6) is 0 Å². The summed E-state index contributed by atoms with van der Waals surface area (Å²) in [7, 11) is 0. The summed E-state index contributed by atoms with van der Waals surface area (Å²) in [6.45, 7) is 1.01. The quantitative estimate of drug-likeness (QED) is 0.852. The number of fused-ring (bicyclic) bond motifs is 1. The number of rotatable bonds is 4. The van der Waals surface area contributed by atoms with Gasteiger partial charge >= 0.3 is 11.8 Å². The average molecular weight is 354 g/mol. The highest BCUT2D eigenvalue weighted by Gasteiger charge is 2.54. The second-order valence-electron chi connectivity index (χ2n) is 5.81. The van der Waals surface area contributed by atoms with E-state index < -0.39 is 29.9 Å². The molecule has 1 aliphatic heterocycles. The molecule has 4 nitrogen and oxygen atoms in total. The van der Waals surface area contributed by atoms with Gasteiger partial charge in [-0.3, -0.25) is 9.78 Å². The molecular weight excluding hydrogens is 340 g/mol. The molecule has 8 heteroatoms. The highest BCUT2D eigenvalue weighted by Crippen LogP contribution is 2.47. The van der Waals surface area contributed by atoms with E-state index in [9.17, 15) is 27.5 Å². The molecule has 1 atom stereocenters. The third kappa shape index (κ3) is 2.86. The number of anilines is 1. The summed E-state index contributed by atoms with van der Waals surface area (Å²) in [5.41, 5.74) is -0.784. The van der Waals surface area contributed by atoms with E-state index in [1.807, 2.05) is 0 Å². The normalized spacial score (nSPS) is 17.1. The molecule has 0 bridgehead atoms. The molecule has 1 amide bonds. The van der Waals surface area contributed by atoms with Gasteiger partial charge in [0.15, 0.2) is 0 Å². The van der Waals surface area contributed by atoms with E-state index in [0.717, 1.165) is 17.2 Å². The molecule has 0 fully saturated rings. The van der Waals surface area contributed by atoms with Crippen molar-refractivity contribution in [2.75, 3.05) is 4.90 Å². The van der Waals surface area contributed by atoms with Gasteiger partial charge in [-0.1, -0.05) is 12.1 Å². The average Bonchev–Trinajstić information content (AvgIpc) is 2.76. The number of nitrogens with zero attached hydrogens (tertiary/aromatic N) is 2. The summed E-state index contributed by atoms with van der Waals surface area (Å²) >= 11 is 0. The monoisotopic (exact) mass is 354 g/mol. The number of aliphatic hydroxyl groups excluding tert-OH is 1. The van der Waals surface area contributed by atoms with Crippen LogP contribution in [0.3, 0.4) is 0 Å². The third-order valence-corrected chi connectivity index (χ3v) is 4.05. The molecule has 25 heavy (non-hydrogen) atoms. The van der Waals surface area contributed by atoms with Crippen LogP contribution in [0.2, 0.25) is 0 Å². The zero-order chi connectivity index (χ0) is 18.4. The molecule has 1 N–H and O–H groups in total. The lowest BCUT2D eigenvalue weighted by Crippen LogP contribution is -2.34. The van der Waals surface area contributed by atoms with Crippen LogP contribution in [0.1, 0.15) is 41.7 Å². The Balaban J connectivity index is 2.04. The van der Waals surface area contributed by atoms with Gasteiger partial charge in [-0.15, -0.1) is 0 Å².